The summed E-state index contributed by atoms with van der Waals surface area (Å²) in [7, 11) is 0. The molecule has 1 fully saturated rings. The number of carbonyl (C=O) groups excluding carboxylic acids is 2. The van der Waals surface area contributed by atoms with Gasteiger partial charge in [-0.25, -0.2) is 0 Å². The third kappa shape index (κ3) is 7.12. The fourth-order valence-corrected chi connectivity index (χ4v) is 4.54. The Morgan fingerprint density at radius 2 is 1.93 bits per heavy atom. The Balaban J connectivity index is 1.23. The maximum absolute atomic E-state index is 12.1. The Hall–Kier alpha value is -1.92. The summed E-state index contributed by atoms with van der Waals surface area (Å²) in [6.45, 7) is 0.813. The fourth-order valence-electron chi connectivity index (χ4n) is 3.23. The van der Waals surface area contributed by atoms with Crippen LogP contribution in [0.15, 0.2) is 47.3 Å². The normalized spacial score (nSPS) is 16.0. The summed E-state index contributed by atoms with van der Waals surface area (Å²) in [5, 5.41) is 3.79. The zero-order chi connectivity index (χ0) is 20.5. The van der Waals surface area contributed by atoms with Crippen LogP contribution in [-0.4, -0.2) is 35.2 Å². The number of rotatable bonds is 12. The average molecular weight is 435 g/mol. The summed E-state index contributed by atoms with van der Waals surface area (Å²) in [6, 6.07) is 9.91. The van der Waals surface area contributed by atoms with Crippen molar-refractivity contribution in [1.29, 1.82) is 0 Å². The van der Waals surface area contributed by atoms with Crippen molar-refractivity contribution in [3.8, 4) is 0 Å². The summed E-state index contributed by atoms with van der Waals surface area (Å²) in [6.07, 6.45) is 9.22. The van der Waals surface area contributed by atoms with Crippen molar-refractivity contribution in [2.24, 2.45) is 0 Å². The standard InChI is InChI=1S/C22H27ClN2O3S/c23-19-8-6-17(7-9-19)5-3-1-2-4-11-24-20(26)14-25-21(27)13-22(25)29-16-18-10-12-28-15-18/h6-10,12,15,22H,1-5,11,13-14,16H2,(H,24,26). The monoisotopic (exact) mass is 434 g/mol. The number of nitrogens with zero attached hydrogens (tertiary/aromatic N) is 1. The third-order valence-corrected chi connectivity index (χ3v) is 6.54. The van der Waals surface area contributed by atoms with Crippen LogP contribution in [0, 0.1) is 0 Å². The molecule has 0 saturated carbocycles. The summed E-state index contributed by atoms with van der Waals surface area (Å²) >= 11 is 7.56. The summed E-state index contributed by atoms with van der Waals surface area (Å²) in [4.78, 5) is 25.6. The Kier molecular flexibility index (Phi) is 8.50. The van der Waals surface area contributed by atoms with Crippen LogP contribution in [0.25, 0.3) is 0 Å². The second-order valence-electron chi connectivity index (χ2n) is 7.26. The van der Waals surface area contributed by atoms with Crippen molar-refractivity contribution in [3.63, 3.8) is 0 Å². The van der Waals surface area contributed by atoms with Gasteiger partial charge in [0, 0.05) is 22.9 Å². The number of hydrogen-bond acceptors (Lipinski definition) is 4. The van der Waals surface area contributed by atoms with Gasteiger partial charge in [0.1, 0.15) is 6.54 Å². The van der Waals surface area contributed by atoms with E-state index in [2.05, 4.69) is 17.4 Å². The predicted molar refractivity (Wildman–Crippen MR) is 117 cm³/mol. The van der Waals surface area contributed by atoms with E-state index in [4.69, 9.17) is 16.0 Å². The van der Waals surface area contributed by atoms with Crippen LogP contribution < -0.4 is 5.32 Å². The van der Waals surface area contributed by atoms with Gasteiger partial charge >= 0.3 is 0 Å². The van der Waals surface area contributed by atoms with Crippen LogP contribution in [0.4, 0.5) is 0 Å². The lowest BCUT2D eigenvalue weighted by molar-refractivity contribution is -0.145. The number of nitrogens with one attached hydrogen (secondary N) is 1. The number of thioether (sulfide) groups is 1. The van der Waals surface area contributed by atoms with Crippen molar-refractivity contribution < 1.29 is 14.0 Å². The number of aryl methyl sites for hydroxylation is 1. The molecule has 1 aliphatic heterocycles. The lowest BCUT2D eigenvalue weighted by atomic mass is 10.1. The lowest BCUT2D eigenvalue weighted by Crippen LogP contribution is -2.54. The second-order valence-corrected chi connectivity index (χ2v) is 8.87. The van der Waals surface area contributed by atoms with Crippen LogP contribution >= 0.6 is 23.4 Å². The molecule has 2 amide bonds. The fraction of sp³-hybridized carbons (Fsp3) is 0.455. The van der Waals surface area contributed by atoms with Gasteiger partial charge in [-0.15, -0.1) is 11.8 Å². The van der Waals surface area contributed by atoms with Crippen molar-refractivity contribution in [2.75, 3.05) is 13.1 Å². The highest BCUT2D eigenvalue weighted by Crippen LogP contribution is 2.31. The second kappa shape index (κ2) is 11.3. The maximum atomic E-state index is 12.1. The first-order valence-corrected chi connectivity index (χ1v) is 11.5. The van der Waals surface area contributed by atoms with Gasteiger partial charge in [-0.05, 0) is 43.0 Å². The Morgan fingerprint density at radius 1 is 1.14 bits per heavy atom. The first-order chi connectivity index (χ1) is 14.1. The van der Waals surface area contributed by atoms with Crippen LogP contribution in [0.1, 0.15) is 43.2 Å². The molecule has 1 unspecified atom stereocenters. The molecule has 2 aromatic rings. The molecule has 1 aliphatic rings. The van der Waals surface area contributed by atoms with Crippen molar-refractivity contribution in [1.82, 2.24) is 10.2 Å². The minimum atomic E-state index is -0.0758. The van der Waals surface area contributed by atoms with Crippen molar-refractivity contribution >= 4 is 35.2 Å². The summed E-state index contributed by atoms with van der Waals surface area (Å²) in [5.74, 6) is 0.753. The van der Waals surface area contributed by atoms with E-state index in [1.807, 2.05) is 18.2 Å². The number of unbranched alkanes of at least 4 members (excludes halogenated alkanes) is 3. The molecular weight excluding hydrogens is 408 g/mol. The number of β-lactam (4-membered cyclic amide) rings is 1. The topological polar surface area (TPSA) is 62.6 Å². The van der Waals surface area contributed by atoms with Gasteiger partial charge in [-0.1, -0.05) is 36.6 Å². The number of likely N-dealkylation sites (tertiary alicyclic amines) is 1. The van der Waals surface area contributed by atoms with Gasteiger partial charge in [0.25, 0.3) is 0 Å². The molecule has 0 spiro atoms. The van der Waals surface area contributed by atoms with Crippen LogP contribution in [0.2, 0.25) is 5.02 Å². The van der Waals surface area contributed by atoms with E-state index >= 15 is 0 Å². The number of halogens is 1. The van der Waals surface area contributed by atoms with E-state index in [1.54, 1.807) is 29.2 Å². The molecule has 1 aromatic heterocycles. The number of hydrogen-bond donors (Lipinski definition) is 1. The molecule has 1 saturated heterocycles. The summed E-state index contributed by atoms with van der Waals surface area (Å²) < 4.78 is 5.05. The average Bonchev–Trinajstić information content (AvgIpc) is 3.23. The van der Waals surface area contributed by atoms with Crippen LogP contribution in [-0.2, 0) is 21.8 Å². The molecule has 0 aliphatic carbocycles. The van der Waals surface area contributed by atoms with Gasteiger partial charge in [0.2, 0.25) is 11.8 Å². The molecule has 1 N–H and O–H groups in total. The Bertz CT molecular complexity index is 780. The number of carbonyl (C=O) groups is 2. The number of amides is 2. The largest absolute Gasteiger partial charge is 0.472 e. The third-order valence-electron chi connectivity index (χ3n) is 4.98. The molecule has 29 heavy (non-hydrogen) atoms. The van der Waals surface area contributed by atoms with Gasteiger partial charge in [0.05, 0.1) is 24.3 Å². The van der Waals surface area contributed by atoms with Crippen molar-refractivity contribution in [2.45, 2.75) is 49.7 Å². The lowest BCUT2D eigenvalue weighted by Gasteiger charge is -2.39. The smallest absolute Gasteiger partial charge is 0.239 e. The highest BCUT2D eigenvalue weighted by atomic mass is 35.5. The minimum absolute atomic E-state index is 0.0482. The van der Waals surface area contributed by atoms with E-state index in [-0.39, 0.29) is 23.7 Å². The molecule has 5 nitrogen and oxygen atoms in total. The molecule has 7 heteroatoms. The molecule has 0 radical (unpaired) electrons. The quantitative estimate of drug-likeness (QED) is 0.390. The van der Waals surface area contributed by atoms with Gasteiger partial charge in [-0.3, -0.25) is 9.59 Å². The van der Waals surface area contributed by atoms with E-state index in [9.17, 15) is 9.59 Å². The number of benzene rings is 1. The zero-order valence-corrected chi connectivity index (χ0v) is 18.0. The molecule has 1 atom stereocenters. The number of furan rings is 1. The highest BCUT2D eigenvalue weighted by Gasteiger charge is 2.37. The maximum Gasteiger partial charge on any atom is 0.239 e. The van der Waals surface area contributed by atoms with Gasteiger partial charge < -0.3 is 14.6 Å². The van der Waals surface area contributed by atoms with Crippen LogP contribution in [0.5, 0.6) is 0 Å². The predicted octanol–water partition coefficient (Wildman–Crippen LogP) is 4.64. The van der Waals surface area contributed by atoms with Gasteiger partial charge in [0.15, 0.2) is 0 Å². The molecule has 0 bridgehead atoms. The molecule has 1 aromatic carbocycles. The minimum Gasteiger partial charge on any atom is -0.472 e. The van der Waals surface area contributed by atoms with E-state index in [1.165, 1.54) is 5.56 Å². The SMILES string of the molecule is O=C(CN1C(=O)CC1SCc1ccoc1)NCCCCCCc1ccc(Cl)cc1. The highest BCUT2D eigenvalue weighted by molar-refractivity contribution is 7.99. The molecule has 156 valence electrons. The van der Waals surface area contributed by atoms with E-state index in [0.29, 0.717) is 13.0 Å². The Labute approximate surface area is 181 Å². The zero-order valence-electron chi connectivity index (χ0n) is 16.4. The molecule has 3 rings (SSSR count). The molecule has 2 heterocycles. The van der Waals surface area contributed by atoms with Gasteiger partial charge in [-0.2, -0.15) is 0 Å². The first-order valence-electron chi connectivity index (χ1n) is 10.0. The van der Waals surface area contributed by atoms with E-state index < -0.39 is 0 Å². The Morgan fingerprint density at radius 3 is 2.66 bits per heavy atom. The van der Waals surface area contributed by atoms with E-state index in [0.717, 1.165) is 48.4 Å². The van der Waals surface area contributed by atoms with Crippen molar-refractivity contribution in [3.05, 3.63) is 59.0 Å². The van der Waals surface area contributed by atoms with Crippen LogP contribution in [0.3, 0.4) is 0 Å². The first kappa shape index (κ1) is 21.8. The molecular formula is C22H27ClN2O3S. The summed E-state index contributed by atoms with van der Waals surface area (Å²) in [5.41, 5.74) is 2.40.